The molecule has 0 aliphatic heterocycles. The molecule has 0 N–H and O–H groups in total. The van der Waals surface area contributed by atoms with Gasteiger partial charge in [0.25, 0.3) is 0 Å². The quantitative estimate of drug-likeness (QED) is 0.429. The van der Waals surface area contributed by atoms with Gasteiger partial charge < -0.3 is 4.74 Å². The lowest BCUT2D eigenvalue weighted by Gasteiger charge is -2.08. The van der Waals surface area contributed by atoms with E-state index in [0.29, 0.717) is 5.57 Å². The summed E-state index contributed by atoms with van der Waals surface area (Å²) in [5, 5.41) is 0. The van der Waals surface area contributed by atoms with Crippen molar-refractivity contribution in [3.63, 3.8) is 0 Å². The normalized spacial score (nSPS) is 19.8. The van der Waals surface area contributed by atoms with Gasteiger partial charge in [-0.25, -0.2) is 4.79 Å². The van der Waals surface area contributed by atoms with E-state index in [0.717, 1.165) is 12.8 Å². The summed E-state index contributed by atoms with van der Waals surface area (Å²) < 4.78 is 4.54. The van der Waals surface area contributed by atoms with Crippen molar-refractivity contribution in [3.8, 4) is 0 Å². The minimum absolute atomic E-state index is 0.0626. The van der Waals surface area contributed by atoms with Crippen molar-refractivity contribution in [2.24, 2.45) is 5.41 Å². The van der Waals surface area contributed by atoms with E-state index in [2.05, 4.69) is 11.3 Å². The lowest BCUT2D eigenvalue weighted by Crippen LogP contribution is -2.11. The number of hydrogen-bond donors (Lipinski definition) is 0. The van der Waals surface area contributed by atoms with Crippen LogP contribution in [0.15, 0.2) is 12.2 Å². The Hall–Kier alpha value is -0.790. The van der Waals surface area contributed by atoms with E-state index in [1.807, 2.05) is 6.92 Å². The first-order valence-electron chi connectivity index (χ1n) is 3.38. The van der Waals surface area contributed by atoms with Crippen LogP contribution >= 0.6 is 0 Å². The van der Waals surface area contributed by atoms with Gasteiger partial charge in [-0.15, -0.1) is 0 Å². The smallest absolute Gasteiger partial charge is 0.333 e. The van der Waals surface area contributed by atoms with Crippen LogP contribution in [0.2, 0.25) is 0 Å². The van der Waals surface area contributed by atoms with Gasteiger partial charge in [0.1, 0.15) is 0 Å². The van der Waals surface area contributed by atoms with Gasteiger partial charge in [-0.05, 0) is 18.3 Å². The molecule has 0 amide bonds. The third-order valence-electron chi connectivity index (χ3n) is 2.16. The predicted octanol–water partition coefficient (Wildman–Crippen LogP) is 1.52. The molecule has 0 bridgehead atoms. The highest BCUT2D eigenvalue weighted by Crippen LogP contribution is 2.50. The largest absolute Gasteiger partial charge is 0.466 e. The van der Waals surface area contributed by atoms with Gasteiger partial charge in [0.15, 0.2) is 0 Å². The van der Waals surface area contributed by atoms with Crippen LogP contribution in [0.1, 0.15) is 19.8 Å². The van der Waals surface area contributed by atoms with Crippen LogP contribution in [-0.4, -0.2) is 13.1 Å². The Morgan fingerprint density at radius 3 is 2.40 bits per heavy atom. The second kappa shape index (κ2) is 2.11. The third-order valence-corrected chi connectivity index (χ3v) is 2.16. The SMILES string of the molecule is C=C(C(=O)OC)C1(C)CC1. The number of rotatable bonds is 2. The molecule has 0 atom stereocenters. The monoisotopic (exact) mass is 140 g/mol. The molecule has 2 nitrogen and oxygen atoms in total. The maximum Gasteiger partial charge on any atom is 0.333 e. The number of methoxy groups -OCH3 is 1. The van der Waals surface area contributed by atoms with Crippen molar-refractivity contribution in [1.82, 2.24) is 0 Å². The van der Waals surface area contributed by atoms with Crippen LogP contribution in [0.25, 0.3) is 0 Å². The minimum Gasteiger partial charge on any atom is -0.466 e. The van der Waals surface area contributed by atoms with Crippen molar-refractivity contribution in [2.75, 3.05) is 7.11 Å². The topological polar surface area (TPSA) is 26.3 Å². The lowest BCUT2D eigenvalue weighted by molar-refractivity contribution is -0.136. The molecule has 2 heteroatoms. The van der Waals surface area contributed by atoms with Crippen molar-refractivity contribution in [2.45, 2.75) is 19.8 Å². The highest BCUT2D eigenvalue weighted by Gasteiger charge is 2.43. The van der Waals surface area contributed by atoms with Crippen LogP contribution in [0.4, 0.5) is 0 Å². The Morgan fingerprint density at radius 1 is 1.60 bits per heavy atom. The van der Waals surface area contributed by atoms with E-state index in [9.17, 15) is 4.79 Å². The standard InChI is InChI=1S/C8H12O2/c1-6(7(9)10-3)8(2)4-5-8/h1,4-5H2,2-3H3. The molecule has 1 fully saturated rings. The fraction of sp³-hybridized carbons (Fsp3) is 0.625. The summed E-state index contributed by atoms with van der Waals surface area (Å²) in [6, 6.07) is 0. The van der Waals surface area contributed by atoms with E-state index < -0.39 is 0 Å². The molecule has 0 aromatic heterocycles. The van der Waals surface area contributed by atoms with Gasteiger partial charge in [-0.1, -0.05) is 13.5 Å². The number of ether oxygens (including phenoxy) is 1. The molecule has 0 spiro atoms. The van der Waals surface area contributed by atoms with Crippen LogP contribution in [0, 0.1) is 5.41 Å². The molecule has 0 aromatic carbocycles. The predicted molar refractivity (Wildman–Crippen MR) is 38.5 cm³/mol. The van der Waals surface area contributed by atoms with Crippen molar-refractivity contribution in [3.05, 3.63) is 12.2 Å². The Balaban J connectivity index is 2.57. The Bertz CT molecular complexity index is 178. The zero-order valence-corrected chi connectivity index (χ0v) is 6.44. The Labute approximate surface area is 60.9 Å². The average molecular weight is 140 g/mol. The molecule has 0 heterocycles. The first kappa shape index (κ1) is 7.32. The summed E-state index contributed by atoms with van der Waals surface area (Å²) in [4.78, 5) is 10.9. The lowest BCUT2D eigenvalue weighted by atomic mass is 10.0. The first-order chi connectivity index (χ1) is 4.60. The summed E-state index contributed by atoms with van der Waals surface area (Å²) in [6.07, 6.45) is 2.14. The fourth-order valence-corrected chi connectivity index (χ4v) is 0.859. The zero-order chi connectivity index (χ0) is 7.78. The number of carbonyl (C=O) groups is 1. The Kier molecular flexibility index (Phi) is 1.55. The van der Waals surface area contributed by atoms with Gasteiger partial charge in [0.05, 0.1) is 7.11 Å². The number of esters is 1. The molecule has 1 aliphatic rings. The van der Waals surface area contributed by atoms with Crippen molar-refractivity contribution >= 4 is 5.97 Å². The average Bonchev–Trinajstić information content (AvgIpc) is 2.66. The molecule has 56 valence electrons. The molecule has 1 saturated carbocycles. The van der Waals surface area contributed by atoms with Crippen molar-refractivity contribution in [1.29, 1.82) is 0 Å². The fourth-order valence-electron chi connectivity index (χ4n) is 0.859. The molecule has 10 heavy (non-hydrogen) atoms. The second-order valence-corrected chi connectivity index (χ2v) is 3.03. The summed E-state index contributed by atoms with van der Waals surface area (Å²) in [6.45, 7) is 5.72. The highest BCUT2D eigenvalue weighted by atomic mass is 16.5. The summed E-state index contributed by atoms with van der Waals surface area (Å²) >= 11 is 0. The van der Waals surface area contributed by atoms with E-state index in [4.69, 9.17) is 0 Å². The van der Waals surface area contributed by atoms with Gasteiger partial charge in [-0.2, -0.15) is 0 Å². The van der Waals surface area contributed by atoms with Crippen LogP contribution in [0.5, 0.6) is 0 Å². The molecule has 0 aromatic rings. The molecule has 1 rings (SSSR count). The highest BCUT2D eigenvalue weighted by molar-refractivity contribution is 5.89. The van der Waals surface area contributed by atoms with Crippen LogP contribution in [0.3, 0.4) is 0 Å². The molecule has 0 unspecified atom stereocenters. The minimum atomic E-state index is -0.264. The van der Waals surface area contributed by atoms with Gasteiger partial charge in [0, 0.05) is 5.57 Å². The molecule has 0 saturated heterocycles. The van der Waals surface area contributed by atoms with Crippen molar-refractivity contribution < 1.29 is 9.53 Å². The Morgan fingerprint density at radius 2 is 2.10 bits per heavy atom. The van der Waals surface area contributed by atoms with Gasteiger partial charge >= 0.3 is 5.97 Å². The zero-order valence-electron chi connectivity index (χ0n) is 6.44. The molecular weight excluding hydrogens is 128 g/mol. The third kappa shape index (κ3) is 1.06. The van der Waals surface area contributed by atoms with Gasteiger partial charge in [0.2, 0.25) is 0 Å². The van der Waals surface area contributed by atoms with E-state index >= 15 is 0 Å². The number of hydrogen-bond acceptors (Lipinski definition) is 2. The summed E-state index contributed by atoms with van der Waals surface area (Å²) in [7, 11) is 1.39. The van der Waals surface area contributed by atoms with E-state index in [1.54, 1.807) is 0 Å². The summed E-state index contributed by atoms with van der Waals surface area (Å²) in [5.74, 6) is -0.264. The second-order valence-electron chi connectivity index (χ2n) is 3.03. The maximum absolute atomic E-state index is 10.9. The number of carbonyl (C=O) groups excluding carboxylic acids is 1. The van der Waals surface area contributed by atoms with E-state index in [1.165, 1.54) is 7.11 Å². The molecule has 0 radical (unpaired) electrons. The van der Waals surface area contributed by atoms with Gasteiger partial charge in [-0.3, -0.25) is 0 Å². The van der Waals surface area contributed by atoms with Crippen LogP contribution in [-0.2, 0) is 9.53 Å². The van der Waals surface area contributed by atoms with E-state index in [-0.39, 0.29) is 11.4 Å². The van der Waals surface area contributed by atoms with Crippen LogP contribution < -0.4 is 0 Å². The molecular formula is C8H12O2. The summed E-state index contributed by atoms with van der Waals surface area (Å²) in [5.41, 5.74) is 0.683. The molecule has 1 aliphatic carbocycles. The first-order valence-corrected chi connectivity index (χ1v) is 3.38. The maximum atomic E-state index is 10.9.